The largest absolute Gasteiger partial charge is 0.465 e. The van der Waals surface area contributed by atoms with Gasteiger partial charge in [-0.15, -0.1) is 0 Å². The zero-order chi connectivity index (χ0) is 16.7. The van der Waals surface area contributed by atoms with Gasteiger partial charge in [-0.05, 0) is 48.0 Å². The van der Waals surface area contributed by atoms with Crippen molar-refractivity contribution in [3.8, 4) is 5.75 Å². The molecule has 120 valence electrons. The molecule has 0 amide bonds. The lowest BCUT2D eigenvalue weighted by Gasteiger charge is -2.12. The van der Waals surface area contributed by atoms with Gasteiger partial charge in [-0.2, -0.15) is 0 Å². The Morgan fingerprint density at radius 2 is 1.83 bits per heavy atom. The van der Waals surface area contributed by atoms with E-state index in [1.165, 1.54) is 18.2 Å². The van der Waals surface area contributed by atoms with Crippen molar-refractivity contribution in [1.29, 1.82) is 0 Å². The molecule has 2 rings (SSSR count). The van der Waals surface area contributed by atoms with Crippen molar-refractivity contribution in [3.63, 3.8) is 0 Å². The van der Waals surface area contributed by atoms with Crippen LogP contribution in [-0.4, -0.2) is 17.2 Å². The van der Waals surface area contributed by atoms with Crippen LogP contribution in [0.3, 0.4) is 0 Å². The SMILES string of the molecule is CCCC(O)Oc1ccc(C(=O)C=Cc2ccc(F)cc2)cc1. The number of hydrogen-bond donors (Lipinski definition) is 1. The number of aliphatic hydroxyl groups is 1. The number of carbonyl (C=O) groups is 1. The van der Waals surface area contributed by atoms with Crippen molar-refractivity contribution in [2.45, 2.75) is 26.1 Å². The first-order chi connectivity index (χ1) is 11.1. The summed E-state index contributed by atoms with van der Waals surface area (Å²) in [6, 6.07) is 12.5. The zero-order valence-electron chi connectivity index (χ0n) is 12.9. The Labute approximate surface area is 135 Å². The van der Waals surface area contributed by atoms with Crippen LogP contribution < -0.4 is 4.74 Å². The van der Waals surface area contributed by atoms with Gasteiger partial charge in [-0.25, -0.2) is 4.39 Å². The highest BCUT2D eigenvalue weighted by atomic mass is 19.1. The molecule has 2 aromatic rings. The molecule has 0 radical (unpaired) electrons. The van der Waals surface area contributed by atoms with Gasteiger partial charge in [-0.3, -0.25) is 4.79 Å². The van der Waals surface area contributed by atoms with E-state index in [0.29, 0.717) is 17.7 Å². The molecule has 1 unspecified atom stereocenters. The molecule has 4 heteroatoms. The van der Waals surface area contributed by atoms with Crippen LogP contribution in [0.25, 0.3) is 6.08 Å². The van der Waals surface area contributed by atoms with E-state index >= 15 is 0 Å². The number of aliphatic hydroxyl groups excluding tert-OH is 1. The van der Waals surface area contributed by atoms with Gasteiger partial charge >= 0.3 is 0 Å². The minimum atomic E-state index is -0.833. The van der Waals surface area contributed by atoms with Crippen LogP contribution in [-0.2, 0) is 0 Å². The van der Waals surface area contributed by atoms with Gasteiger partial charge in [0.2, 0.25) is 0 Å². The van der Waals surface area contributed by atoms with Gasteiger partial charge in [0.05, 0.1) is 0 Å². The molecule has 0 bridgehead atoms. The van der Waals surface area contributed by atoms with Crippen LogP contribution in [0.4, 0.5) is 4.39 Å². The molecular formula is C19H19FO3. The number of ether oxygens (including phenoxy) is 1. The van der Waals surface area contributed by atoms with Gasteiger partial charge in [0.25, 0.3) is 0 Å². The molecule has 0 heterocycles. The quantitative estimate of drug-likeness (QED) is 0.473. The topological polar surface area (TPSA) is 46.5 Å². The van der Waals surface area contributed by atoms with Crippen molar-refractivity contribution in [2.24, 2.45) is 0 Å². The summed E-state index contributed by atoms with van der Waals surface area (Å²) >= 11 is 0. The number of allylic oxidation sites excluding steroid dienone is 1. The molecule has 0 aliphatic carbocycles. The molecule has 0 saturated heterocycles. The van der Waals surface area contributed by atoms with Crippen molar-refractivity contribution >= 4 is 11.9 Å². The minimum Gasteiger partial charge on any atom is -0.465 e. The maximum Gasteiger partial charge on any atom is 0.197 e. The fourth-order valence-electron chi connectivity index (χ4n) is 2.00. The second-order valence-electron chi connectivity index (χ2n) is 5.13. The summed E-state index contributed by atoms with van der Waals surface area (Å²) in [5, 5.41) is 9.58. The molecule has 1 N–H and O–H groups in total. The molecule has 0 fully saturated rings. The Kier molecular flexibility index (Phi) is 6.06. The Morgan fingerprint density at radius 1 is 1.17 bits per heavy atom. The number of benzene rings is 2. The maximum atomic E-state index is 12.8. The van der Waals surface area contributed by atoms with Crippen LogP contribution in [0.15, 0.2) is 54.6 Å². The smallest absolute Gasteiger partial charge is 0.197 e. The summed E-state index contributed by atoms with van der Waals surface area (Å²) in [5.41, 5.74) is 1.27. The fourth-order valence-corrected chi connectivity index (χ4v) is 2.00. The standard InChI is InChI=1S/C19H19FO3/c1-2-3-19(22)23-17-11-7-15(8-12-17)18(21)13-6-14-4-9-16(20)10-5-14/h4-13,19,22H,2-3H2,1H3. The van der Waals surface area contributed by atoms with E-state index in [-0.39, 0.29) is 11.6 Å². The summed E-state index contributed by atoms with van der Waals surface area (Å²) in [5.74, 6) is 0.0503. The number of rotatable bonds is 7. The highest BCUT2D eigenvalue weighted by Crippen LogP contribution is 2.16. The third-order valence-corrected chi connectivity index (χ3v) is 3.24. The highest BCUT2D eigenvalue weighted by molar-refractivity contribution is 6.06. The monoisotopic (exact) mass is 314 g/mol. The van der Waals surface area contributed by atoms with Crippen LogP contribution in [0.2, 0.25) is 0 Å². The molecule has 1 atom stereocenters. The van der Waals surface area contributed by atoms with E-state index in [9.17, 15) is 14.3 Å². The second kappa shape index (κ2) is 8.25. The van der Waals surface area contributed by atoms with Crippen LogP contribution in [0.1, 0.15) is 35.7 Å². The van der Waals surface area contributed by atoms with E-state index in [4.69, 9.17) is 4.74 Å². The molecule has 3 nitrogen and oxygen atoms in total. The highest BCUT2D eigenvalue weighted by Gasteiger charge is 2.06. The third kappa shape index (κ3) is 5.34. The number of hydrogen-bond acceptors (Lipinski definition) is 3. The molecule has 23 heavy (non-hydrogen) atoms. The van der Waals surface area contributed by atoms with Gasteiger partial charge in [0.15, 0.2) is 12.1 Å². The van der Waals surface area contributed by atoms with Crippen molar-refractivity contribution in [1.82, 2.24) is 0 Å². The minimum absolute atomic E-state index is 0.157. The molecular weight excluding hydrogens is 295 g/mol. The average Bonchev–Trinajstić information content (AvgIpc) is 2.55. The number of ketones is 1. The summed E-state index contributed by atoms with van der Waals surface area (Å²) in [6.45, 7) is 1.96. The van der Waals surface area contributed by atoms with Crippen LogP contribution in [0, 0.1) is 5.82 Å². The van der Waals surface area contributed by atoms with E-state index in [0.717, 1.165) is 12.0 Å². The van der Waals surface area contributed by atoms with E-state index < -0.39 is 6.29 Å². The summed E-state index contributed by atoms with van der Waals surface area (Å²) < 4.78 is 18.1. The lowest BCUT2D eigenvalue weighted by atomic mass is 10.1. The Hall–Kier alpha value is -2.46. The second-order valence-corrected chi connectivity index (χ2v) is 5.13. The van der Waals surface area contributed by atoms with Crippen molar-refractivity contribution < 1.29 is 19.0 Å². The Balaban J connectivity index is 1.98. The summed E-state index contributed by atoms with van der Waals surface area (Å²) in [7, 11) is 0. The predicted molar refractivity (Wildman–Crippen MR) is 87.7 cm³/mol. The first kappa shape index (κ1) is 16.9. The van der Waals surface area contributed by atoms with Crippen molar-refractivity contribution in [2.75, 3.05) is 0 Å². The fraction of sp³-hybridized carbons (Fsp3) is 0.211. The average molecular weight is 314 g/mol. The third-order valence-electron chi connectivity index (χ3n) is 3.24. The zero-order valence-corrected chi connectivity index (χ0v) is 12.9. The first-order valence-corrected chi connectivity index (χ1v) is 7.51. The van der Waals surface area contributed by atoms with E-state index in [1.54, 1.807) is 42.5 Å². The van der Waals surface area contributed by atoms with Gasteiger partial charge in [0, 0.05) is 12.0 Å². The molecule has 0 spiro atoms. The first-order valence-electron chi connectivity index (χ1n) is 7.51. The van der Waals surface area contributed by atoms with Crippen LogP contribution in [0.5, 0.6) is 5.75 Å². The predicted octanol–water partition coefficient (Wildman–Crippen LogP) is 4.22. The summed E-state index contributed by atoms with van der Waals surface area (Å²) in [4.78, 5) is 12.1. The summed E-state index contributed by atoms with van der Waals surface area (Å²) in [6.07, 6.45) is 3.62. The van der Waals surface area contributed by atoms with Crippen LogP contribution >= 0.6 is 0 Å². The Bertz CT molecular complexity index is 660. The molecule has 2 aromatic carbocycles. The number of halogens is 1. The van der Waals surface area contributed by atoms with E-state index in [1.807, 2.05) is 6.92 Å². The molecule has 0 aliphatic heterocycles. The molecule has 0 aliphatic rings. The van der Waals surface area contributed by atoms with E-state index in [2.05, 4.69) is 0 Å². The lowest BCUT2D eigenvalue weighted by Crippen LogP contribution is -2.14. The van der Waals surface area contributed by atoms with Gasteiger partial charge in [0.1, 0.15) is 11.6 Å². The van der Waals surface area contributed by atoms with Crippen molar-refractivity contribution in [3.05, 3.63) is 71.6 Å². The number of carbonyl (C=O) groups excluding carboxylic acids is 1. The maximum absolute atomic E-state index is 12.8. The molecule has 0 saturated carbocycles. The molecule has 0 aromatic heterocycles. The van der Waals surface area contributed by atoms with Gasteiger partial charge < -0.3 is 9.84 Å². The lowest BCUT2D eigenvalue weighted by molar-refractivity contribution is -0.0233. The normalized spacial score (nSPS) is 12.3. The Morgan fingerprint density at radius 3 is 2.43 bits per heavy atom. The van der Waals surface area contributed by atoms with Gasteiger partial charge in [-0.1, -0.05) is 31.6 Å².